The van der Waals surface area contributed by atoms with Gasteiger partial charge >= 0.3 is 0 Å². The van der Waals surface area contributed by atoms with E-state index in [1.807, 2.05) is 6.92 Å². The number of hydrogen-bond donors (Lipinski definition) is 2. The van der Waals surface area contributed by atoms with Crippen molar-refractivity contribution in [1.29, 1.82) is 0 Å². The Bertz CT molecular complexity index is 332. The molecule has 0 aliphatic carbocycles. The van der Waals surface area contributed by atoms with Gasteiger partial charge in [-0.1, -0.05) is 6.07 Å². The van der Waals surface area contributed by atoms with Crippen molar-refractivity contribution >= 4 is 5.91 Å². The predicted molar refractivity (Wildman–Crippen MR) is 46.1 cm³/mol. The van der Waals surface area contributed by atoms with Gasteiger partial charge in [0.05, 0.1) is 5.56 Å². The van der Waals surface area contributed by atoms with E-state index < -0.39 is 5.91 Å². The minimum atomic E-state index is -0.601. The maximum absolute atomic E-state index is 10.7. The van der Waals surface area contributed by atoms with E-state index in [1.165, 1.54) is 6.07 Å². The van der Waals surface area contributed by atoms with Crippen LogP contribution in [0, 0.1) is 13.8 Å². The lowest BCUT2D eigenvalue weighted by Crippen LogP contribution is -2.11. The van der Waals surface area contributed by atoms with Crippen LogP contribution in [0.2, 0.25) is 0 Å². The molecule has 0 saturated carbocycles. The van der Waals surface area contributed by atoms with Crippen molar-refractivity contribution in [3.8, 4) is 5.75 Å². The molecule has 0 spiro atoms. The lowest BCUT2D eigenvalue weighted by atomic mass is 10.0. The molecule has 64 valence electrons. The summed E-state index contributed by atoms with van der Waals surface area (Å²) in [4.78, 5) is 10.7. The second kappa shape index (κ2) is 2.85. The van der Waals surface area contributed by atoms with Crippen molar-refractivity contribution in [2.24, 2.45) is 5.73 Å². The molecule has 1 amide bonds. The molecule has 12 heavy (non-hydrogen) atoms. The zero-order chi connectivity index (χ0) is 9.30. The first-order valence-electron chi connectivity index (χ1n) is 3.63. The average Bonchev–Trinajstić information content (AvgIpc) is 2.00. The van der Waals surface area contributed by atoms with E-state index in [0.717, 1.165) is 5.56 Å². The number of aromatic hydroxyl groups is 1. The molecule has 0 bridgehead atoms. The van der Waals surface area contributed by atoms with Gasteiger partial charge in [-0.2, -0.15) is 0 Å². The fourth-order valence-corrected chi connectivity index (χ4v) is 1.000. The van der Waals surface area contributed by atoms with Gasteiger partial charge in [0, 0.05) is 0 Å². The third-order valence-electron chi connectivity index (χ3n) is 1.97. The molecular weight excluding hydrogens is 154 g/mol. The third-order valence-corrected chi connectivity index (χ3v) is 1.97. The number of amides is 1. The van der Waals surface area contributed by atoms with Gasteiger partial charge in [0.15, 0.2) is 0 Å². The van der Waals surface area contributed by atoms with Gasteiger partial charge in [0.1, 0.15) is 5.75 Å². The summed E-state index contributed by atoms with van der Waals surface area (Å²) in [6.45, 7) is 3.61. The summed E-state index contributed by atoms with van der Waals surface area (Å²) in [7, 11) is 0. The van der Waals surface area contributed by atoms with Crippen LogP contribution in [0.5, 0.6) is 5.75 Å². The Labute approximate surface area is 70.8 Å². The number of hydrogen-bond acceptors (Lipinski definition) is 2. The molecule has 0 aliphatic heterocycles. The molecule has 0 heterocycles. The van der Waals surface area contributed by atoms with Gasteiger partial charge in [-0.3, -0.25) is 4.79 Å². The van der Waals surface area contributed by atoms with Crippen LogP contribution in [0.4, 0.5) is 0 Å². The van der Waals surface area contributed by atoms with Crippen LogP contribution in [0.3, 0.4) is 0 Å². The van der Waals surface area contributed by atoms with Crippen LogP contribution in [-0.4, -0.2) is 11.0 Å². The van der Waals surface area contributed by atoms with Crippen LogP contribution in [0.1, 0.15) is 21.5 Å². The molecule has 0 aromatic heterocycles. The van der Waals surface area contributed by atoms with Crippen LogP contribution < -0.4 is 5.73 Å². The molecular formula is C9H11NO2. The number of carbonyl (C=O) groups excluding carboxylic acids is 1. The van der Waals surface area contributed by atoms with Gasteiger partial charge in [-0.05, 0) is 31.0 Å². The summed E-state index contributed by atoms with van der Waals surface area (Å²) >= 11 is 0. The summed E-state index contributed by atoms with van der Waals surface area (Å²) in [5.74, 6) is -0.613. The fourth-order valence-electron chi connectivity index (χ4n) is 1.000. The number of rotatable bonds is 1. The Morgan fingerprint density at radius 2 is 2.00 bits per heavy atom. The molecule has 0 saturated heterocycles. The van der Waals surface area contributed by atoms with E-state index in [-0.39, 0.29) is 11.3 Å². The van der Waals surface area contributed by atoms with Crippen molar-refractivity contribution in [3.63, 3.8) is 0 Å². The van der Waals surface area contributed by atoms with Gasteiger partial charge in [-0.25, -0.2) is 0 Å². The van der Waals surface area contributed by atoms with E-state index in [0.29, 0.717) is 5.56 Å². The number of primary amides is 1. The Hall–Kier alpha value is -1.51. The summed E-state index contributed by atoms with van der Waals surface area (Å²) in [6, 6.07) is 3.29. The van der Waals surface area contributed by atoms with E-state index >= 15 is 0 Å². The fraction of sp³-hybridized carbons (Fsp3) is 0.222. The molecule has 1 aromatic carbocycles. The standard InChI is InChI=1S/C9H11NO2/c1-5-3-4-7(9(10)12)8(11)6(5)2/h3-4,11H,1-2H3,(H2,10,12). The second-order valence-electron chi connectivity index (χ2n) is 2.77. The Kier molecular flexibility index (Phi) is 2.04. The van der Waals surface area contributed by atoms with Crippen LogP contribution in [0.15, 0.2) is 12.1 Å². The molecule has 1 aromatic rings. The highest BCUT2D eigenvalue weighted by Crippen LogP contribution is 2.23. The van der Waals surface area contributed by atoms with Crippen molar-refractivity contribution in [2.75, 3.05) is 0 Å². The number of aryl methyl sites for hydroxylation is 1. The minimum Gasteiger partial charge on any atom is -0.507 e. The largest absolute Gasteiger partial charge is 0.507 e. The van der Waals surface area contributed by atoms with E-state index in [1.54, 1.807) is 13.0 Å². The normalized spacial score (nSPS) is 9.83. The first-order valence-corrected chi connectivity index (χ1v) is 3.63. The lowest BCUT2D eigenvalue weighted by molar-refractivity contribution is 0.0997. The molecule has 0 unspecified atom stereocenters. The van der Waals surface area contributed by atoms with E-state index in [4.69, 9.17) is 5.73 Å². The Balaban J connectivity index is 3.36. The van der Waals surface area contributed by atoms with Gasteiger partial charge in [0.2, 0.25) is 0 Å². The zero-order valence-corrected chi connectivity index (χ0v) is 7.09. The number of carbonyl (C=O) groups is 1. The molecule has 3 N–H and O–H groups in total. The Morgan fingerprint density at radius 1 is 1.42 bits per heavy atom. The van der Waals surface area contributed by atoms with E-state index in [2.05, 4.69) is 0 Å². The molecule has 0 aliphatic rings. The van der Waals surface area contributed by atoms with Crippen molar-refractivity contribution < 1.29 is 9.90 Å². The maximum atomic E-state index is 10.7. The van der Waals surface area contributed by atoms with Crippen molar-refractivity contribution in [2.45, 2.75) is 13.8 Å². The first-order chi connectivity index (χ1) is 5.54. The SMILES string of the molecule is Cc1ccc(C(N)=O)c(O)c1C. The van der Waals surface area contributed by atoms with Crippen LogP contribution in [-0.2, 0) is 0 Å². The van der Waals surface area contributed by atoms with Crippen molar-refractivity contribution in [1.82, 2.24) is 0 Å². The van der Waals surface area contributed by atoms with Crippen molar-refractivity contribution in [3.05, 3.63) is 28.8 Å². The van der Waals surface area contributed by atoms with Crippen LogP contribution >= 0.6 is 0 Å². The topological polar surface area (TPSA) is 63.3 Å². The number of phenols is 1. The molecule has 0 radical (unpaired) electrons. The highest BCUT2D eigenvalue weighted by Gasteiger charge is 2.10. The predicted octanol–water partition coefficient (Wildman–Crippen LogP) is 1.11. The molecule has 3 nitrogen and oxygen atoms in total. The highest BCUT2D eigenvalue weighted by molar-refractivity contribution is 5.96. The molecule has 3 heteroatoms. The third kappa shape index (κ3) is 1.25. The lowest BCUT2D eigenvalue weighted by Gasteiger charge is -2.05. The minimum absolute atomic E-state index is 0.0116. The van der Waals surface area contributed by atoms with Gasteiger partial charge in [-0.15, -0.1) is 0 Å². The maximum Gasteiger partial charge on any atom is 0.252 e. The zero-order valence-electron chi connectivity index (χ0n) is 7.09. The smallest absolute Gasteiger partial charge is 0.252 e. The monoisotopic (exact) mass is 165 g/mol. The molecule has 0 atom stereocenters. The molecule has 0 fully saturated rings. The van der Waals surface area contributed by atoms with Gasteiger partial charge < -0.3 is 10.8 Å². The molecule has 1 rings (SSSR count). The second-order valence-corrected chi connectivity index (χ2v) is 2.77. The summed E-state index contributed by atoms with van der Waals surface area (Å²) in [6.07, 6.45) is 0. The summed E-state index contributed by atoms with van der Waals surface area (Å²) in [5.41, 5.74) is 6.86. The van der Waals surface area contributed by atoms with Crippen LogP contribution in [0.25, 0.3) is 0 Å². The average molecular weight is 165 g/mol. The number of nitrogens with two attached hydrogens (primary N) is 1. The Morgan fingerprint density at radius 3 is 2.50 bits per heavy atom. The quantitative estimate of drug-likeness (QED) is 0.654. The highest BCUT2D eigenvalue weighted by atomic mass is 16.3. The first kappa shape index (κ1) is 8.59. The van der Waals surface area contributed by atoms with Gasteiger partial charge in [0.25, 0.3) is 5.91 Å². The summed E-state index contributed by atoms with van der Waals surface area (Å²) < 4.78 is 0. The van der Waals surface area contributed by atoms with E-state index in [9.17, 15) is 9.90 Å². The summed E-state index contributed by atoms with van der Waals surface area (Å²) in [5, 5.41) is 9.45. The number of benzene rings is 1.